The third-order valence-electron chi connectivity index (χ3n) is 3.59. The number of aromatic nitrogens is 2. The van der Waals surface area contributed by atoms with Crippen LogP contribution in [0.3, 0.4) is 0 Å². The zero-order valence-electron chi connectivity index (χ0n) is 11.4. The van der Waals surface area contributed by atoms with Crippen molar-refractivity contribution in [3.05, 3.63) is 53.3 Å². The summed E-state index contributed by atoms with van der Waals surface area (Å²) in [6.45, 7) is 6.27. The Morgan fingerprint density at radius 1 is 0.947 bits per heavy atom. The van der Waals surface area contributed by atoms with Crippen molar-refractivity contribution in [1.29, 1.82) is 0 Å². The van der Waals surface area contributed by atoms with E-state index in [2.05, 4.69) is 41.6 Å². The van der Waals surface area contributed by atoms with Crippen molar-refractivity contribution < 1.29 is 0 Å². The van der Waals surface area contributed by atoms with Gasteiger partial charge in [0, 0.05) is 11.4 Å². The van der Waals surface area contributed by atoms with Gasteiger partial charge < -0.3 is 5.73 Å². The molecule has 3 rings (SSSR count). The van der Waals surface area contributed by atoms with Gasteiger partial charge in [-0.3, -0.25) is 4.57 Å². The molecule has 0 aliphatic carbocycles. The molecular weight excluding hydrogens is 234 g/mol. The number of rotatable bonds is 1. The maximum atomic E-state index is 5.82. The number of hydrogen-bond acceptors (Lipinski definition) is 2. The highest BCUT2D eigenvalue weighted by molar-refractivity contribution is 5.81. The van der Waals surface area contributed by atoms with Crippen molar-refractivity contribution in [2.24, 2.45) is 0 Å². The summed E-state index contributed by atoms with van der Waals surface area (Å²) in [5.74, 6) is 0.976. The molecule has 0 spiro atoms. The fourth-order valence-electron chi connectivity index (χ4n) is 2.41. The third kappa shape index (κ3) is 1.87. The predicted molar refractivity (Wildman–Crippen MR) is 79.7 cm³/mol. The lowest BCUT2D eigenvalue weighted by Crippen LogP contribution is -1.98. The lowest BCUT2D eigenvalue weighted by molar-refractivity contribution is 0.997. The monoisotopic (exact) mass is 251 g/mol. The Morgan fingerprint density at radius 2 is 1.74 bits per heavy atom. The molecule has 2 N–H and O–H groups in total. The largest absolute Gasteiger partial charge is 0.399 e. The minimum atomic E-state index is 0.747. The van der Waals surface area contributed by atoms with Crippen molar-refractivity contribution >= 4 is 16.7 Å². The van der Waals surface area contributed by atoms with E-state index in [1.54, 1.807) is 0 Å². The van der Waals surface area contributed by atoms with Crippen molar-refractivity contribution in [2.75, 3.05) is 5.73 Å². The molecule has 0 bridgehead atoms. The van der Waals surface area contributed by atoms with Gasteiger partial charge in [-0.05, 0) is 62.2 Å². The van der Waals surface area contributed by atoms with Crippen LogP contribution in [0, 0.1) is 20.8 Å². The van der Waals surface area contributed by atoms with E-state index in [0.717, 1.165) is 28.2 Å². The molecule has 0 fully saturated rings. The summed E-state index contributed by atoms with van der Waals surface area (Å²) in [5.41, 5.74) is 12.3. The number of hydrogen-bond donors (Lipinski definition) is 1. The van der Waals surface area contributed by atoms with Crippen LogP contribution in [0.15, 0.2) is 36.4 Å². The topological polar surface area (TPSA) is 43.8 Å². The van der Waals surface area contributed by atoms with Gasteiger partial charge in [-0.25, -0.2) is 4.98 Å². The maximum Gasteiger partial charge on any atom is 0.111 e. The Hall–Kier alpha value is -2.29. The fourth-order valence-corrected chi connectivity index (χ4v) is 2.41. The van der Waals surface area contributed by atoms with E-state index >= 15 is 0 Å². The molecule has 0 saturated carbocycles. The zero-order valence-corrected chi connectivity index (χ0v) is 11.4. The molecule has 2 aromatic carbocycles. The molecule has 0 unspecified atom stereocenters. The Labute approximate surface area is 112 Å². The van der Waals surface area contributed by atoms with E-state index in [-0.39, 0.29) is 0 Å². The standard InChI is InChI=1S/C16H17N3/c1-10-4-6-14(8-11(10)2)19-12(3)18-15-9-13(17)5-7-16(15)19/h4-9H,17H2,1-3H3. The van der Waals surface area contributed by atoms with E-state index in [0.29, 0.717) is 0 Å². The average molecular weight is 251 g/mol. The van der Waals surface area contributed by atoms with Gasteiger partial charge in [-0.15, -0.1) is 0 Å². The van der Waals surface area contributed by atoms with Gasteiger partial charge >= 0.3 is 0 Å². The first kappa shape index (κ1) is 11.8. The quantitative estimate of drug-likeness (QED) is 0.672. The Bertz CT molecular complexity index is 769. The molecule has 3 heteroatoms. The van der Waals surface area contributed by atoms with Crippen LogP contribution >= 0.6 is 0 Å². The smallest absolute Gasteiger partial charge is 0.111 e. The Kier molecular flexibility index (Phi) is 2.56. The summed E-state index contributed by atoms with van der Waals surface area (Å²) < 4.78 is 2.17. The molecule has 1 heterocycles. The molecule has 19 heavy (non-hydrogen) atoms. The summed E-state index contributed by atoms with van der Waals surface area (Å²) in [6.07, 6.45) is 0. The molecule has 0 amide bonds. The van der Waals surface area contributed by atoms with E-state index < -0.39 is 0 Å². The molecule has 3 nitrogen and oxygen atoms in total. The van der Waals surface area contributed by atoms with Crippen molar-refractivity contribution in [1.82, 2.24) is 9.55 Å². The van der Waals surface area contributed by atoms with Gasteiger partial charge in [0.2, 0.25) is 0 Å². The molecule has 0 radical (unpaired) electrons. The Balaban J connectivity index is 2.29. The number of benzene rings is 2. The SMILES string of the molecule is Cc1ccc(-n2c(C)nc3cc(N)ccc32)cc1C. The summed E-state index contributed by atoms with van der Waals surface area (Å²) >= 11 is 0. The van der Waals surface area contributed by atoms with Crippen molar-refractivity contribution in [3.63, 3.8) is 0 Å². The molecular formula is C16H17N3. The van der Waals surface area contributed by atoms with E-state index in [1.165, 1.54) is 11.1 Å². The van der Waals surface area contributed by atoms with Crippen LogP contribution in [0.4, 0.5) is 5.69 Å². The molecule has 1 aromatic heterocycles. The minimum absolute atomic E-state index is 0.747. The van der Waals surface area contributed by atoms with Crippen LogP contribution in [0.1, 0.15) is 17.0 Å². The number of anilines is 1. The van der Waals surface area contributed by atoms with Gasteiger partial charge in [0.25, 0.3) is 0 Å². The van der Waals surface area contributed by atoms with Crippen molar-refractivity contribution in [3.8, 4) is 5.69 Å². The normalized spacial score (nSPS) is 11.1. The van der Waals surface area contributed by atoms with Crippen molar-refractivity contribution in [2.45, 2.75) is 20.8 Å². The fraction of sp³-hybridized carbons (Fsp3) is 0.188. The molecule has 96 valence electrons. The summed E-state index contributed by atoms with van der Waals surface area (Å²) in [6, 6.07) is 12.3. The number of imidazole rings is 1. The number of aryl methyl sites for hydroxylation is 3. The van der Waals surface area contributed by atoms with Gasteiger partial charge in [-0.2, -0.15) is 0 Å². The first-order valence-electron chi connectivity index (χ1n) is 6.38. The molecule has 3 aromatic rings. The first-order chi connectivity index (χ1) is 9.06. The van der Waals surface area contributed by atoms with E-state index in [1.807, 2.05) is 25.1 Å². The van der Waals surface area contributed by atoms with Gasteiger partial charge in [-0.1, -0.05) is 6.07 Å². The third-order valence-corrected chi connectivity index (χ3v) is 3.59. The predicted octanol–water partition coefficient (Wildman–Crippen LogP) is 3.53. The van der Waals surface area contributed by atoms with Gasteiger partial charge in [0.1, 0.15) is 5.82 Å². The van der Waals surface area contributed by atoms with Crippen LogP contribution in [0.5, 0.6) is 0 Å². The summed E-state index contributed by atoms with van der Waals surface area (Å²) in [7, 11) is 0. The van der Waals surface area contributed by atoms with Crippen LogP contribution < -0.4 is 5.73 Å². The minimum Gasteiger partial charge on any atom is -0.399 e. The second-order valence-corrected chi connectivity index (χ2v) is 5.01. The highest BCUT2D eigenvalue weighted by Crippen LogP contribution is 2.24. The number of fused-ring (bicyclic) bond motifs is 1. The van der Waals surface area contributed by atoms with Crippen LogP contribution in [-0.4, -0.2) is 9.55 Å². The van der Waals surface area contributed by atoms with Gasteiger partial charge in [0.15, 0.2) is 0 Å². The number of nitrogen functional groups attached to an aromatic ring is 1. The highest BCUT2D eigenvalue weighted by Gasteiger charge is 2.09. The molecule has 0 aliphatic rings. The van der Waals surface area contributed by atoms with Crippen LogP contribution in [0.2, 0.25) is 0 Å². The average Bonchev–Trinajstić information content (AvgIpc) is 2.68. The Morgan fingerprint density at radius 3 is 2.47 bits per heavy atom. The molecule has 0 aliphatic heterocycles. The van der Waals surface area contributed by atoms with E-state index in [4.69, 9.17) is 5.73 Å². The lowest BCUT2D eigenvalue weighted by Gasteiger charge is -2.09. The summed E-state index contributed by atoms with van der Waals surface area (Å²) in [4.78, 5) is 4.59. The number of nitrogens with two attached hydrogens (primary N) is 1. The zero-order chi connectivity index (χ0) is 13.6. The number of nitrogens with zero attached hydrogens (tertiary/aromatic N) is 2. The van der Waals surface area contributed by atoms with Gasteiger partial charge in [0.05, 0.1) is 11.0 Å². The molecule has 0 saturated heterocycles. The van der Waals surface area contributed by atoms with Crippen LogP contribution in [-0.2, 0) is 0 Å². The molecule has 0 atom stereocenters. The lowest BCUT2D eigenvalue weighted by atomic mass is 10.1. The second kappa shape index (κ2) is 4.12. The van der Waals surface area contributed by atoms with Crippen LogP contribution in [0.25, 0.3) is 16.7 Å². The first-order valence-corrected chi connectivity index (χ1v) is 6.38. The highest BCUT2D eigenvalue weighted by atomic mass is 15.1. The summed E-state index contributed by atoms with van der Waals surface area (Å²) in [5, 5.41) is 0. The second-order valence-electron chi connectivity index (χ2n) is 5.01. The van der Waals surface area contributed by atoms with E-state index in [9.17, 15) is 0 Å². The maximum absolute atomic E-state index is 5.82.